The standard InChI is InChI=1S/C26H51ClO2/c1-3-5-7-9-11-13-14-15-16-17-19-21-23-25(27)26(28)29-24-22-20-18-12-10-8-6-4-2/h25H,3-24H2,1-2H3. The van der Waals surface area contributed by atoms with E-state index in [2.05, 4.69) is 13.8 Å². The van der Waals surface area contributed by atoms with Crippen LogP contribution in [0.5, 0.6) is 0 Å². The summed E-state index contributed by atoms with van der Waals surface area (Å²) in [6.07, 6.45) is 26.8. The first-order valence-electron chi connectivity index (χ1n) is 13.0. The lowest BCUT2D eigenvalue weighted by molar-refractivity contribution is -0.143. The lowest BCUT2D eigenvalue weighted by Gasteiger charge is -2.10. The first kappa shape index (κ1) is 28.8. The zero-order valence-corrected chi connectivity index (χ0v) is 20.6. The summed E-state index contributed by atoms with van der Waals surface area (Å²) >= 11 is 6.20. The van der Waals surface area contributed by atoms with Gasteiger partial charge >= 0.3 is 5.97 Å². The number of unbranched alkanes of at least 4 members (excludes halogenated alkanes) is 18. The third-order valence-corrected chi connectivity index (χ3v) is 6.21. The average molecular weight is 431 g/mol. The maximum Gasteiger partial charge on any atom is 0.324 e. The summed E-state index contributed by atoms with van der Waals surface area (Å²) in [4.78, 5) is 11.9. The van der Waals surface area contributed by atoms with Gasteiger partial charge in [0.15, 0.2) is 0 Å². The fourth-order valence-electron chi connectivity index (χ4n) is 3.78. The lowest BCUT2D eigenvalue weighted by atomic mass is 10.0. The second-order valence-electron chi connectivity index (χ2n) is 8.79. The van der Waals surface area contributed by atoms with Crippen LogP contribution in [0.4, 0.5) is 0 Å². The van der Waals surface area contributed by atoms with E-state index in [1.165, 1.54) is 109 Å². The first-order valence-corrected chi connectivity index (χ1v) is 13.5. The molecule has 0 aliphatic rings. The molecule has 0 heterocycles. The zero-order valence-electron chi connectivity index (χ0n) is 19.8. The minimum atomic E-state index is -0.452. The number of esters is 1. The molecule has 0 aromatic rings. The zero-order chi connectivity index (χ0) is 21.4. The van der Waals surface area contributed by atoms with Gasteiger partial charge in [0.25, 0.3) is 0 Å². The highest BCUT2D eigenvalue weighted by Crippen LogP contribution is 2.15. The Labute approximate surface area is 187 Å². The minimum absolute atomic E-state index is 0.210. The summed E-state index contributed by atoms with van der Waals surface area (Å²) in [6.45, 7) is 5.05. The van der Waals surface area contributed by atoms with E-state index in [1.54, 1.807) is 0 Å². The van der Waals surface area contributed by atoms with Gasteiger partial charge in [0.1, 0.15) is 5.38 Å². The fourth-order valence-corrected chi connectivity index (χ4v) is 4.00. The topological polar surface area (TPSA) is 26.3 Å². The Morgan fingerprint density at radius 2 is 0.931 bits per heavy atom. The third kappa shape index (κ3) is 22.3. The molecular weight excluding hydrogens is 380 g/mol. The lowest BCUT2D eigenvalue weighted by Crippen LogP contribution is -2.18. The van der Waals surface area contributed by atoms with Gasteiger partial charge < -0.3 is 4.74 Å². The van der Waals surface area contributed by atoms with Crippen LogP contribution in [-0.2, 0) is 9.53 Å². The molecule has 0 saturated carbocycles. The van der Waals surface area contributed by atoms with E-state index in [9.17, 15) is 4.79 Å². The van der Waals surface area contributed by atoms with Gasteiger partial charge in [-0.25, -0.2) is 0 Å². The number of carbonyl (C=O) groups is 1. The summed E-state index contributed by atoms with van der Waals surface area (Å²) in [5.41, 5.74) is 0. The molecule has 0 rings (SSSR count). The molecule has 1 atom stereocenters. The Morgan fingerprint density at radius 1 is 0.586 bits per heavy atom. The molecular formula is C26H51ClO2. The number of ether oxygens (including phenoxy) is 1. The second kappa shape index (κ2) is 24.0. The number of carbonyl (C=O) groups excluding carboxylic acids is 1. The maximum absolute atomic E-state index is 11.9. The van der Waals surface area contributed by atoms with Crippen molar-refractivity contribution in [2.45, 2.75) is 154 Å². The van der Waals surface area contributed by atoms with Crippen molar-refractivity contribution >= 4 is 17.6 Å². The maximum atomic E-state index is 11.9. The molecule has 0 aliphatic heterocycles. The highest BCUT2D eigenvalue weighted by atomic mass is 35.5. The molecule has 0 amide bonds. The van der Waals surface area contributed by atoms with Crippen molar-refractivity contribution in [3.8, 4) is 0 Å². The third-order valence-electron chi connectivity index (χ3n) is 5.81. The van der Waals surface area contributed by atoms with Crippen molar-refractivity contribution in [1.82, 2.24) is 0 Å². The van der Waals surface area contributed by atoms with Crippen LogP contribution >= 0.6 is 11.6 Å². The van der Waals surface area contributed by atoms with E-state index in [4.69, 9.17) is 16.3 Å². The van der Waals surface area contributed by atoms with E-state index in [0.29, 0.717) is 6.61 Å². The van der Waals surface area contributed by atoms with Crippen molar-refractivity contribution in [3.63, 3.8) is 0 Å². The molecule has 2 nitrogen and oxygen atoms in total. The Bertz CT molecular complexity index is 333. The van der Waals surface area contributed by atoms with Gasteiger partial charge in [-0.3, -0.25) is 4.79 Å². The summed E-state index contributed by atoms with van der Waals surface area (Å²) in [5.74, 6) is -0.210. The van der Waals surface area contributed by atoms with Crippen LogP contribution in [0.1, 0.15) is 149 Å². The van der Waals surface area contributed by atoms with Gasteiger partial charge in [0, 0.05) is 0 Å². The molecule has 0 aromatic carbocycles. The SMILES string of the molecule is CCCCCCCCCCCCCCC(Cl)C(=O)OCCCCCCCCCC. The molecule has 0 bridgehead atoms. The van der Waals surface area contributed by atoms with Crippen molar-refractivity contribution in [2.75, 3.05) is 6.61 Å². The van der Waals surface area contributed by atoms with E-state index in [1.807, 2.05) is 0 Å². The first-order chi connectivity index (χ1) is 14.2. The van der Waals surface area contributed by atoms with Crippen LogP contribution in [-0.4, -0.2) is 18.0 Å². The second-order valence-corrected chi connectivity index (χ2v) is 9.31. The summed E-state index contributed by atoms with van der Waals surface area (Å²) in [6, 6.07) is 0. The molecule has 174 valence electrons. The highest BCUT2D eigenvalue weighted by molar-refractivity contribution is 6.29. The quantitative estimate of drug-likeness (QED) is 0.0915. The van der Waals surface area contributed by atoms with Crippen molar-refractivity contribution in [1.29, 1.82) is 0 Å². The smallest absolute Gasteiger partial charge is 0.324 e. The van der Waals surface area contributed by atoms with Gasteiger partial charge in [0.05, 0.1) is 6.61 Å². The highest BCUT2D eigenvalue weighted by Gasteiger charge is 2.16. The van der Waals surface area contributed by atoms with Gasteiger partial charge in [-0.1, -0.05) is 136 Å². The van der Waals surface area contributed by atoms with E-state index in [-0.39, 0.29) is 5.97 Å². The minimum Gasteiger partial charge on any atom is -0.465 e. The van der Waals surface area contributed by atoms with Crippen LogP contribution in [0.15, 0.2) is 0 Å². The average Bonchev–Trinajstić information content (AvgIpc) is 2.73. The normalized spacial score (nSPS) is 12.2. The van der Waals surface area contributed by atoms with E-state index in [0.717, 1.165) is 25.7 Å². The molecule has 3 heteroatoms. The predicted octanol–water partition coefficient (Wildman–Crippen LogP) is 9.37. The van der Waals surface area contributed by atoms with E-state index < -0.39 is 5.38 Å². The fraction of sp³-hybridized carbons (Fsp3) is 0.962. The molecule has 0 aromatic heterocycles. The van der Waals surface area contributed by atoms with E-state index >= 15 is 0 Å². The van der Waals surface area contributed by atoms with Gasteiger partial charge in [-0.15, -0.1) is 11.6 Å². The summed E-state index contributed by atoms with van der Waals surface area (Å²) < 4.78 is 5.34. The Morgan fingerprint density at radius 3 is 1.34 bits per heavy atom. The van der Waals surface area contributed by atoms with Crippen molar-refractivity contribution < 1.29 is 9.53 Å². The Hall–Kier alpha value is -0.240. The molecule has 1 unspecified atom stereocenters. The summed E-state index contributed by atoms with van der Waals surface area (Å²) in [7, 11) is 0. The molecule has 0 radical (unpaired) electrons. The number of rotatable bonds is 23. The van der Waals surface area contributed by atoms with Gasteiger partial charge in [0.2, 0.25) is 0 Å². The Kier molecular flexibility index (Phi) is 23.8. The van der Waals surface area contributed by atoms with Crippen LogP contribution in [0.3, 0.4) is 0 Å². The predicted molar refractivity (Wildman–Crippen MR) is 129 cm³/mol. The molecule has 0 spiro atoms. The van der Waals surface area contributed by atoms with Crippen LogP contribution in [0.2, 0.25) is 0 Å². The van der Waals surface area contributed by atoms with Crippen LogP contribution in [0, 0.1) is 0 Å². The summed E-state index contributed by atoms with van der Waals surface area (Å²) in [5, 5.41) is -0.452. The van der Waals surface area contributed by atoms with Crippen LogP contribution < -0.4 is 0 Å². The number of hydrogen-bond donors (Lipinski definition) is 0. The number of hydrogen-bond acceptors (Lipinski definition) is 2. The molecule has 0 saturated heterocycles. The van der Waals surface area contributed by atoms with Gasteiger partial charge in [-0.2, -0.15) is 0 Å². The Balaban J connectivity index is 3.30. The van der Waals surface area contributed by atoms with Gasteiger partial charge in [-0.05, 0) is 12.8 Å². The van der Waals surface area contributed by atoms with Crippen molar-refractivity contribution in [2.24, 2.45) is 0 Å². The molecule has 0 aliphatic carbocycles. The monoisotopic (exact) mass is 430 g/mol. The molecule has 0 N–H and O–H groups in total. The van der Waals surface area contributed by atoms with Crippen LogP contribution in [0.25, 0.3) is 0 Å². The molecule has 29 heavy (non-hydrogen) atoms. The van der Waals surface area contributed by atoms with Crippen molar-refractivity contribution in [3.05, 3.63) is 0 Å². The number of alkyl halides is 1. The largest absolute Gasteiger partial charge is 0.465 e. The number of halogens is 1. The molecule has 0 fully saturated rings.